The van der Waals surface area contributed by atoms with Gasteiger partial charge in [-0.05, 0) is 65.3 Å². The average Bonchev–Trinajstić information content (AvgIpc) is 3.27. The molecule has 0 atom stereocenters. The summed E-state index contributed by atoms with van der Waals surface area (Å²) in [5.41, 5.74) is 14.1. The number of carboxylic acid groups (broad SMARTS) is 1. The van der Waals surface area contributed by atoms with Crippen LogP contribution < -0.4 is 4.90 Å². The smallest absolute Gasteiger partial charge is 0.409 e. The molecule has 0 saturated carbocycles. The molecule has 3 aromatic carbocycles. The molecule has 1 aliphatic heterocycles. The molecule has 1 heterocycles. The maximum absolute atomic E-state index is 13.2. The maximum atomic E-state index is 13.2. The van der Waals surface area contributed by atoms with Gasteiger partial charge in [-0.25, -0.2) is 4.79 Å². The second-order valence-electron chi connectivity index (χ2n) is 12.4. The Kier molecular flexibility index (Phi) is 8.20. The van der Waals surface area contributed by atoms with Gasteiger partial charge in [0.05, 0.1) is 6.42 Å². The highest BCUT2D eigenvalue weighted by molar-refractivity contribution is 6.83. The highest BCUT2D eigenvalue weighted by Gasteiger charge is 2.31. The van der Waals surface area contributed by atoms with Crippen molar-refractivity contribution in [1.82, 2.24) is 4.90 Å². The maximum Gasteiger partial charge on any atom is 0.409 e. The van der Waals surface area contributed by atoms with Crippen LogP contribution in [0.25, 0.3) is 11.1 Å². The number of hydrogen-bond donors (Lipinski definition) is 1. The van der Waals surface area contributed by atoms with Crippen molar-refractivity contribution in [1.29, 1.82) is 0 Å². The van der Waals surface area contributed by atoms with Crippen molar-refractivity contribution < 1.29 is 19.4 Å². The van der Waals surface area contributed by atoms with E-state index in [1.807, 2.05) is 38.1 Å². The molecular weight excluding hydrogens is 540 g/mol. The summed E-state index contributed by atoms with van der Waals surface area (Å²) >= 11 is 0. The van der Waals surface area contributed by atoms with Crippen molar-refractivity contribution in [3.63, 3.8) is 0 Å². The summed E-state index contributed by atoms with van der Waals surface area (Å²) in [6, 6.07) is 16.7. The summed E-state index contributed by atoms with van der Waals surface area (Å²) in [4.78, 5) is 29.1. The lowest BCUT2D eigenvalue weighted by Gasteiger charge is -2.38. The average molecular weight is 581 g/mol. The van der Waals surface area contributed by atoms with Gasteiger partial charge < -0.3 is 19.6 Å². The number of carboxylic acids is 1. The quantitative estimate of drug-likeness (QED) is 0.274. The summed E-state index contributed by atoms with van der Waals surface area (Å²) in [6.45, 7) is 15.4. The van der Waals surface area contributed by atoms with Crippen LogP contribution in [0, 0.1) is 32.2 Å². The fraction of sp³-hybridized carbons (Fsp3) is 0.371. The summed E-state index contributed by atoms with van der Waals surface area (Å²) in [6.07, 6.45) is -0.325. The molecule has 0 spiro atoms. The summed E-state index contributed by atoms with van der Waals surface area (Å²) < 4.78 is 5.92. The lowest BCUT2D eigenvalue weighted by Crippen LogP contribution is -2.49. The van der Waals surface area contributed by atoms with E-state index in [4.69, 9.17) is 4.74 Å². The summed E-state index contributed by atoms with van der Waals surface area (Å²) in [5, 5.41) is 9.67. The van der Waals surface area contributed by atoms with Crippen molar-refractivity contribution in [3.8, 4) is 22.6 Å². The summed E-state index contributed by atoms with van der Waals surface area (Å²) in [7, 11) is -1.63. The zero-order valence-electron chi connectivity index (χ0n) is 25.5. The van der Waals surface area contributed by atoms with Crippen LogP contribution in [0.5, 0.6) is 0 Å². The number of carbonyl (C=O) groups is 2. The third-order valence-corrected chi connectivity index (χ3v) is 9.32. The Hall–Kier alpha value is -4.02. The minimum Gasteiger partial charge on any atom is -0.481 e. The molecule has 42 heavy (non-hydrogen) atoms. The Morgan fingerprint density at radius 3 is 2.00 bits per heavy atom. The number of rotatable bonds is 5. The lowest BCUT2D eigenvalue weighted by atomic mass is 9.89. The van der Waals surface area contributed by atoms with Gasteiger partial charge in [0, 0.05) is 43.3 Å². The van der Waals surface area contributed by atoms with Crippen LogP contribution in [0.2, 0.25) is 19.6 Å². The molecule has 7 heteroatoms. The van der Waals surface area contributed by atoms with Crippen molar-refractivity contribution >= 4 is 25.8 Å². The number of benzene rings is 3. The van der Waals surface area contributed by atoms with Crippen LogP contribution in [0.1, 0.15) is 44.9 Å². The zero-order valence-corrected chi connectivity index (χ0v) is 26.5. The minimum atomic E-state index is -1.63. The third-order valence-electron chi connectivity index (χ3n) is 8.45. The predicted molar refractivity (Wildman–Crippen MR) is 171 cm³/mol. The Bertz CT molecular complexity index is 1560. The molecule has 1 aliphatic carbocycles. The Balaban J connectivity index is 1.32. The van der Waals surface area contributed by atoms with E-state index in [2.05, 4.69) is 67.2 Å². The van der Waals surface area contributed by atoms with E-state index in [0.717, 1.165) is 33.5 Å². The number of aliphatic carboxylic acids is 1. The second kappa shape index (κ2) is 11.7. The zero-order chi connectivity index (χ0) is 30.2. The van der Waals surface area contributed by atoms with E-state index in [-0.39, 0.29) is 18.4 Å². The predicted octanol–water partition coefficient (Wildman–Crippen LogP) is 6.54. The van der Waals surface area contributed by atoms with Gasteiger partial charge in [0.1, 0.15) is 14.7 Å². The van der Waals surface area contributed by atoms with E-state index in [9.17, 15) is 14.7 Å². The first-order valence-electron chi connectivity index (χ1n) is 14.7. The van der Waals surface area contributed by atoms with Crippen molar-refractivity contribution in [2.45, 2.75) is 52.8 Å². The minimum absolute atomic E-state index is 0.0313. The van der Waals surface area contributed by atoms with E-state index < -0.39 is 14.0 Å². The number of hydrogen-bond acceptors (Lipinski definition) is 4. The van der Waals surface area contributed by atoms with Gasteiger partial charge in [0.2, 0.25) is 0 Å². The molecule has 1 fully saturated rings. The van der Waals surface area contributed by atoms with Gasteiger partial charge in [-0.1, -0.05) is 74.1 Å². The first-order valence-corrected chi connectivity index (χ1v) is 18.2. The molecule has 0 radical (unpaired) electrons. The van der Waals surface area contributed by atoms with Crippen LogP contribution in [-0.4, -0.2) is 62.9 Å². The SMILES string of the molecule is Cc1c(C#C[Si](C)(C)C)c(C)c(N2CCN(C(=O)OCC3c4ccccc4-c4ccccc43)CC2)c(C)c1CC(=O)O. The van der Waals surface area contributed by atoms with Gasteiger partial charge in [0.25, 0.3) is 0 Å². The first-order chi connectivity index (χ1) is 20.0. The highest BCUT2D eigenvalue weighted by atomic mass is 28.3. The van der Waals surface area contributed by atoms with Crippen LogP contribution in [-0.2, 0) is 16.0 Å². The molecule has 0 aromatic heterocycles. The number of carbonyl (C=O) groups excluding carboxylic acids is 1. The second-order valence-corrected chi connectivity index (χ2v) is 17.2. The van der Waals surface area contributed by atoms with Gasteiger partial charge in [0.15, 0.2) is 0 Å². The number of fused-ring (bicyclic) bond motifs is 3. The summed E-state index contributed by atoms with van der Waals surface area (Å²) in [5.74, 6) is 2.62. The fourth-order valence-electron chi connectivity index (χ4n) is 6.38. The highest BCUT2D eigenvalue weighted by Crippen LogP contribution is 2.44. The Labute approximate surface area is 250 Å². The molecule has 5 rings (SSSR count). The standard InChI is InChI=1S/C35H40N2O4Si/c1-23-26(15-20-42(4,5)6)24(2)34(25(3)31(23)21-33(38)39)36-16-18-37(19-17-36)35(40)41-22-32-29-13-9-7-11-27(29)28-12-8-10-14-30(28)32/h7-14,32H,16-19,21-22H2,1-6H3,(H,38,39). The monoisotopic (exact) mass is 580 g/mol. The molecule has 218 valence electrons. The molecule has 0 unspecified atom stereocenters. The molecule has 0 bridgehead atoms. The van der Waals surface area contributed by atoms with Gasteiger partial charge in [-0.2, -0.15) is 0 Å². The van der Waals surface area contributed by atoms with E-state index >= 15 is 0 Å². The van der Waals surface area contributed by atoms with E-state index in [1.165, 1.54) is 22.3 Å². The number of anilines is 1. The fourth-order valence-corrected chi connectivity index (χ4v) is 6.88. The normalized spacial score (nSPS) is 14.6. The van der Waals surface area contributed by atoms with Crippen LogP contribution in [0.3, 0.4) is 0 Å². The molecule has 3 aromatic rings. The van der Waals surface area contributed by atoms with E-state index in [1.54, 1.807) is 4.90 Å². The number of amides is 1. The molecule has 6 nitrogen and oxygen atoms in total. The first kappa shape index (κ1) is 29.5. The number of nitrogens with zero attached hydrogens (tertiary/aromatic N) is 2. The molecule has 1 amide bonds. The van der Waals surface area contributed by atoms with Gasteiger partial charge in [-0.3, -0.25) is 4.79 Å². The largest absolute Gasteiger partial charge is 0.481 e. The van der Waals surface area contributed by atoms with Crippen molar-refractivity contribution in [2.24, 2.45) is 0 Å². The van der Waals surface area contributed by atoms with E-state index in [0.29, 0.717) is 32.8 Å². The number of ether oxygens (including phenoxy) is 1. The van der Waals surface area contributed by atoms with Crippen LogP contribution >= 0.6 is 0 Å². The molecule has 2 aliphatic rings. The van der Waals surface area contributed by atoms with Crippen molar-refractivity contribution in [3.05, 3.63) is 87.5 Å². The van der Waals surface area contributed by atoms with Crippen molar-refractivity contribution in [2.75, 3.05) is 37.7 Å². The third kappa shape index (κ3) is 5.82. The molecular formula is C35H40N2O4Si. The van der Waals surface area contributed by atoms with Gasteiger partial charge in [-0.15, -0.1) is 5.54 Å². The Morgan fingerprint density at radius 2 is 1.45 bits per heavy atom. The topological polar surface area (TPSA) is 70.1 Å². The van der Waals surface area contributed by atoms with Crippen LogP contribution in [0.15, 0.2) is 48.5 Å². The van der Waals surface area contributed by atoms with Crippen LogP contribution in [0.4, 0.5) is 10.5 Å². The number of piperazine rings is 1. The lowest BCUT2D eigenvalue weighted by molar-refractivity contribution is -0.136. The molecule has 1 saturated heterocycles. The molecule has 1 N–H and O–H groups in total. The Morgan fingerprint density at radius 1 is 0.881 bits per heavy atom. The van der Waals surface area contributed by atoms with Gasteiger partial charge >= 0.3 is 12.1 Å².